The third-order valence-corrected chi connectivity index (χ3v) is 4.07. The van der Waals surface area contributed by atoms with Gasteiger partial charge in [0.05, 0.1) is 5.69 Å². The highest BCUT2D eigenvalue weighted by Gasteiger charge is 2.45. The van der Waals surface area contributed by atoms with Crippen LogP contribution in [-0.4, -0.2) is 5.91 Å². The Hall–Kier alpha value is -2.01. The molecule has 3 rings (SSSR count). The van der Waals surface area contributed by atoms with Crippen LogP contribution in [0.25, 0.3) is 0 Å². The van der Waals surface area contributed by atoms with Crippen LogP contribution in [0.1, 0.15) is 17.9 Å². The molecule has 0 aromatic heterocycles. The zero-order valence-corrected chi connectivity index (χ0v) is 12.0. The van der Waals surface area contributed by atoms with Gasteiger partial charge in [0.2, 0.25) is 5.91 Å². The Morgan fingerprint density at radius 3 is 2.55 bits per heavy atom. The summed E-state index contributed by atoms with van der Waals surface area (Å²) >= 11 is 6.07. The van der Waals surface area contributed by atoms with Crippen molar-refractivity contribution < 1.29 is 18.0 Å². The lowest BCUT2D eigenvalue weighted by Gasteiger charge is -2.07. The van der Waals surface area contributed by atoms with E-state index < -0.39 is 23.4 Å². The number of halogens is 4. The van der Waals surface area contributed by atoms with Crippen molar-refractivity contribution in [1.82, 2.24) is 0 Å². The number of amides is 1. The minimum atomic E-state index is -1.60. The molecule has 0 radical (unpaired) electrons. The Labute approximate surface area is 129 Å². The molecule has 0 bridgehead atoms. The molecule has 1 aliphatic rings. The molecule has 2 atom stereocenters. The fourth-order valence-electron chi connectivity index (χ4n) is 2.45. The van der Waals surface area contributed by atoms with Crippen LogP contribution in [0.5, 0.6) is 0 Å². The highest BCUT2D eigenvalue weighted by Crippen LogP contribution is 2.50. The Morgan fingerprint density at radius 1 is 1.09 bits per heavy atom. The van der Waals surface area contributed by atoms with Crippen LogP contribution < -0.4 is 5.32 Å². The van der Waals surface area contributed by atoms with Crippen LogP contribution in [0, 0.1) is 23.4 Å². The molecule has 2 aromatic carbocycles. The number of anilines is 1. The van der Waals surface area contributed by atoms with E-state index in [1.807, 2.05) is 12.1 Å². The quantitative estimate of drug-likeness (QED) is 0.827. The smallest absolute Gasteiger partial charge is 0.228 e. The summed E-state index contributed by atoms with van der Waals surface area (Å²) in [6.45, 7) is 0. The second-order valence-electron chi connectivity index (χ2n) is 5.18. The van der Waals surface area contributed by atoms with Gasteiger partial charge in [-0.15, -0.1) is 0 Å². The van der Waals surface area contributed by atoms with Crippen molar-refractivity contribution in [3.63, 3.8) is 0 Å². The Kier molecular flexibility index (Phi) is 3.83. The van der Waals surface area contributed by atoms with E-state index in [1.165, 1.54) is 0 Å². The van der Waals surface area contributed by atoms with Gasteiger partial charge in [-0.3, -0.25) is 4.79 Å². The third-order valence-electron chi connectivity index (χ3n) is 3.72. The average molecular weight is 326 g/mol. The van der Waals surface area contributed by atoms with Gasteiger partial charge in [-0.2, -0.15) is 0 Å². The summed E-state index contributed by atoms with van der Waals surface area (Å²) in [5.41, 5.74) is 0.490. The number of hydrogen-bond acceptors (Lipinski definition) is 1. The van der Waals surface area contributed by atoms with Crippen molar-refractivity contribution in [2.75, 3.05) is 5.32 Å². The molecule has 1 amide bonds. The molecule has 0 aliphatic heterocycles. The summed E-state index contributed by atoms with van der Waals surface area (Å²) in [5.74, 6) is -5.13. The third kappa shape index (κ3) is 2.68. The maximum atomic E-state index is 13.5. The fraction of sp³-hybridized carbons (Fsp3) is 0.188. The largest absolute Gasteiger partial charge is 0.323 e. The first-order valence-electron chi connectivity index (χ1n) is 6.68. The number of rotatable bonds is 3. The summed E-state index contributed by atoms with van der Waals surface area (Å²) in [7, 11) is 0. The molecular weight excluding hydrogens is 315 g/mol. The zero-order valence-electron chi connectivity index (χ0n) is 11.2. The molecule has 114 valence electrons. The van der Waals surface area contributed by atoms with Gasteiger partial charge >= 0.3 is 0 Å². The Morgan fingerprint density at radius 2 is 1.82 bits per heavy atom. The van der Waals surface area contributed by atoms with Crippen LogP contribution in [0.15, 0.2) is 36.4 Å². The lowest BCUT2D eigenvalue weighted by Crippen LogP contribution is -2.16. The van der Waals surface area contributed by atoms with Crippen molar-refractivity contribution >= 4 is 23.2 Å². The zero-order chi connectivity index (χ0) is 15.9. The van der Waals surface area contributed by atoms with E-state index in [0.29, 0.717) is 11.4 Å². The summed E-state index contributed by atoms with van der Waals surface area (Å²) in [6.07, 6.45) is 0.584. The lowest BCUT2D eigenvalue weighted by atomic mass is 10.1. The maximum Gasteiger partial charge on any atom is 0.228 e. The first kappa shape index (κ1) is 14.9. The standard InChI is InChI=1S/C16H11ClF3NO/c17-11-4-2-1-3-8(11)9-7-10(9)16(22)21-13-6-5-12(18)14(19)15(13)20/h1-6,9-10H,7H2,(H,21,22). The molecule has 1 aliphatic carbocycles. The fourth-order valence-corrected chi connectivity index (χ4v) is 2.73. The molecule has 2 aromatic rings. The first-order valence-corrected chi connectivity index (χ1v) is 7.05. The molecule has 1 saturated carbocycles. The molecule has 0 saturated heterocycles. The average Bonchev–Trinajstić information content (AvgIpc) is 3.29. The van der Waals surface area contributed by atoms with Crippen LogP contribution in [0.4, 0.5) is 18.9 Å². The molecule has 1 fully saturated rings. The summed E-state index contributed by atoms with van der Waals surface area (Å²) in [4.78, 5) is 12.1. The minimum absolute atomic E-state index is 0.0398. The number of carbonyl (C=O) groups is 1. The van der Waals surface area contributed by atoms with Crippen LogP contribution in [-0.2, 0) is 4.79 Å². The van der Waals surface area contributed by atoms with Gasteiger partial charge in [0.1, 0.15) is 0 Å². The predicted molar refractivity (Wildman–Crippen MR) is 77.2 cm³/mol. The second-order valence-corrected chi connectivity index (χ2v) is 5.59. The number of carbonyl (C=O) groups excluding carboxylic acids is 1. The topological polar surface area (TPSA) is 29.1 Å². The summed E-state index contributed by atoms with van der Waals surface area (Å²) in [6, 6.07) is 8.95. The van der Waals surface area contributed by atoms with Crippen molar-refractivity contribution in [2.24, 2.45) is 5.92 Å². The van der Waals surface area contributed by atoms with Gasteiger partial charge in [-0.1, -0.05) is 29.8 Å². The van der Waals surface area contributed by atoms with E-state index in [9.17, 15) is 18.0 Å². The van der Waals surface area contributed by atoms with Gasteiger partial charge in [-0.05, 0) is 36.1 Å². The molecule has 0 spiro atoms. The second kappa shape index (κ2) is 5.65. The summed E-state index contributed by atoms with van der Waals surface area (Å²) < 4.78 is 39.5. The van der Waals surface area contributed by atoms with E-state index in [0.717, 1.165) is 17.7 Å². The molecular formula is C16H11ClF3NO. The van der Waals surface area contributed by atoms with Crippen LogP contribution >= 0.6 is 11.6 Å². The van der Waals surface area contributed by atoms with Crippen molar-refractivity contribution in [1.29, 1.82) is 0 Å². The molecule has 2 nitrogen and oxygen atoms in total. The van der Waals surface area contributed by atoms with E-state index in [1.54, 1.807) is 12.1 Å². The maximum absolute atomic E-state index is 13.5. The monoisotopic (exact) mass is 325 g/mol. The van der Waals surface area contributed by atoms with Crippen molar-refractivity contribution in [2.45, 2.75) is 12.3 Å². The molecule has 1 N–H and O–H groups in total. The van der Waals surface area contributed by atoms with Gasteiger partial charge < -0.3 is 5.32 Å². The predicted octanol–water partition coefficient (Wildman–Crippen LogP) is 4.50. The SMILES string of the molecule is O=C(Nc1ccc(F)c(F)c1F)C1CC1c1ccccc1Cl. The molecule has 0 heterocycles. The van der Waals surface area contributed by atoms with Gasteiger partial charge in [0, 0.05) is 10.9 Å². The van der Waals surface area contributed by atoms with Gasteiger partial charge in [0.25, 0.3) is 0 Å². The number of nitrogens with one attached hydrogen (secondary N) is 1. The Balaban J connectivity index is 1.73. The lowest BCUT2D eigenvalue weighted by molar-refractivity contribution is -0.117. The van der Waals surface area contributed by atoms with Crippen molar-refractivity contribution in [3.8, 4) is 0 Å². The van der Waals surface area contributed by atoms with E-state index >= 15 is 0 Å². The first-order chi connectivity index (χ1) is 10.5. The van der Waals surface area contributed by atoms with E-state index in [-0.39, 0.29) is 17.5 Å². The van der Waals surface area contributed by atoms with Crippen LogP contribution in [0.3, 0.4) is 0 Å². The van der Waals surface area contributed by atoms with Crippen LogP contribution in [0.2, 0.25) is 5.02 Å². The van der Waals surface area contributed by atoms with E-state index in [2.05, 4.69) is 5.32 Å². The number of hydrogen-bond donors (Lipinski definition) is 1. The van der Waals surface area contributed by atoms with Gasteiger partial charge in [0.15, 0.2) is 17.5 Å². The minimum Gasteiger partial charge on any atom is -0.323 e. The molecule has 6 heteroatoms. The molecule has 22 heavy (non-hydrogen) atoms. The number of benzene rings is 2. The van der Waals surface area contributed by atoms with Crippen molar-refractivity contribution in [3.05, 3.63) is 64.4 Å². The Bertz CT molecular complexity index is 750. The normalized spacial score (nSPS) is 19.8. The highest BCUT2D eigenvalue weighted by atomic mass is 35.5. The molecule has 2 unspecified atom stereocenters. The van der Waals surface area contributed by atoms with E-state index in [4.69, 9.17) is 11.6 Å². The van der Waals surface area contributed by atoms with Gasteiger partial charge in [-0.25, -0.2) is 13.2 Å². The summed E-state index contributed by atoms with van der Waals surface area (Å²) in [5, 5.41) is 2.87. The highest BCUT2D eigenvalue weighted by molar-refractivity contribution is 6.31.